The number of benzene rings is 1. The molecule has 0 bridgehead atoms. The van der Waals surface area contributed by atoms with Gasteiger partial charge >= 0.3 is 215 Å². The van der Waals surface area contributed by atoms with Crippen LogP contribution in [0.15, 0.2) is 48.9 Å². The van der Waals surface area contributed by atoms with Gasteiger partial charge in [-0.25, -0.2) is 0 Å². The van der Waals surface area contributed by atoms with Crippen LogP contribution in [-0.4, -0.2) is 55.3 Å². The number of rotatable bonds is 7. The summed E-state index contributed by atoms with van der Waals surface area (Å²) in [6, 6.07) is 9.77. The molecule has 1 saturated carbocycles. The molecular formula is C27H30AsN5O3. The quantitative estimate of drug-likeness (QED) is 0.328. The van der Waals surface area contributed by atoms with E-state index in [0.717, 1.165) is 53.5 Å². The molecular weight excluding hydrogens is 517 g/mol. The molecule has 2 N–H and O–H groups in total. The molecule has 1 aromatic carbocycles. The Labute approximate surface area is 214 Å². The van der Waals surface area contributed by atoms with E-state index in [1.807, 2.05) is 44.2 Å². The molecule has 36 heavy (non-hydrogen) atoms. The molecule has 3 aromatic heterocycles. The van der Waals surface area contributed by atoms with Gasteiger partial charge in [0, 0.05) is 0 Å². The number of carboxylic acid groups (broad SMARTS) is 1. The van der Waals surface area contributed by atoms with Crippen LogP contribution in [0.1, 0.15) is 56.8 Å². The Morgan fingerprint density at radius 3 is 2.47 bits per heavy atom. The first-order valence-electron chi connectivity index (χ1n) is 12.4. The van der Waals surface area contributed by atoms with E-state index in [2.05, 4.69) is 22.1 Å². The molecule has 5 rings (SSSR count). The summed E-state index contributed by atoms with van der Waals surface area (Å²) in [6.45, 7) is 6.31. The molecule has 9 heteroatoms. The first kappa shape index (κ1) is 24.4. The van der Waals surface area contributed by atoms with Crippen molar-refractivity contribution in [3.05, 3.63) is 54.5 Å². The van der Waals surface area contributed by atoms with Crippen molar-refractivity contribution >= 4 is 40.7 Å². The number of aromatic nitrogens is 5. The Morgan fingerprint density at radius 2 is 1.81 bits per heavy atom. The summed E-state index contributed by atoms with van der Waals surface area (Å²) in [5, 5.41) is 22.5. The number of nitrogens with one attached hydrogen (secondary N) is 1. The first-order valence-corrected chi connectivity index (χ1v) is 15.3. The van der Waals surface area contributed by atoms with Gasteiger partial charge in [-0.15, -0.1) is 0 Å². The SMILES string of the molecule is CC1CCC(C(=O)[As](c2nn(-c3ccc(-c4cnc5[nH]ncc5c4)cc3)cc2C(=O)O)C(C)C)CC1. The van der Waals surface area contributed by atoms with E-state index in [-0.39, 0.29) is 20.8 Å². The summed E-state index contributed by atoms with van der Waals surface area (Å²) in [6.07, 6.45) is 9.03. The molecule has 0 spiro atoms. The molecule has 4 aromatic rings. The fraction of sp³-hybridized carbons (Fsp3) is 0.370. The summed E-state index contributed by atoms with van der Waals surface area (Å²) in [5.74, 6) is -0.337. The number of hydrogen-bond donors (Lipinski definition) is 2. The van der Waals surface area contributed by atoms with Crippen LogP contribution in [0.4, 0.5) is 0 Å². The van der Waals surface area contributed by atoms with E-state index in [1.165, 1.54) is 0 Å². The van der Waals surface area contributed by atoms with Gasteiger partial charge in [0.25, 0.3) is 0 Å². The number of carbonyl (C=O) groups is 2. The van der Waals surface area contributed by atoms with Gasteiger partial charge in [-0.05, 0) is 0 Å². The van der Waals surface area contributed by atoms with Crippen LogP contribution >= 0.6 is 0 Å². The molecule has 3 heterocycles. The van der Waals surface area contributed by atoms with Gasteiger partial charge in [0.05, 0.1) is 0 Å². The third-order valence-corrected chi connectivity index (χ3v) is 12.6. The summed E-state index contributed by atoms with van der Waals surface area (Å²) in [5.41, 5.74) is 3.59. The van der Waals surface area contributed by atoms with Gasteiger partial charge < -0.3 is 0 Å². The van der Waals surface area contributed by atoms with E-state index in [1.54, 1.807) is 23.3 Å². The van der Waals surface area contributed by atoms with Crippen LogP contribution < -0.4 is 4.48 Å². The number of aromatic amines is 1. The number of fused-ring (bicyclic) bond motifs is 1. The Kier molecular flexibility index (Phi) is 6.80. The number of pyridine rings is 1. The zero-order valence-electron chi connectivity index (χ0n) is 20.7. The van der Waals surface area contributed by atoms with Crippen molar-refractivity contribution in [2.24, 2.45) is 11.8 Å². The van der Waals surface area contributed by atoms with Crippen molar-refractivity contribution in [1.82, 2.24) is 25.0 Å². The summed E-state index contributed by atoms with van der Waals surface area (Å²) in [4.78, 5) is 30.3. The number of nitrogens with zero attached hydrogens (tertiary/aromatic N) is 4. The first-order chi connectivity index (χ1) is 17.3. The molecule has 1 aliphatic carbocycles. The van der Waals surface area contributed by atoms with Crippen molar-refractivity contribution in [1.29, 1.82) is 0 Å². The normalized spacial score (nSPS) is 19.0. The number of carboxylic acids is 1. The van der Waals surface area contributed by atoms with Crippen molar-refractivity contribution < 1.29 is 14.7 Å². The van der Waals surface area contributed by atoms with E-state index in [9.17, 15) is 14.7 Å². The number of hydrogen-bond acceptors (Lipinski definition) is 5. The van der Waals surface area contributed by atoms with Gasteiger partial charge in [0.2, 0.25) is 0 Å². The van der Waals surface area contributed by atoms with Crippen LogP contribution in [0.25, 0.3) is 27.8 Å². The molecule has 186 valence electrons. The van der Waals surface area contributed by atoms with Gasteiger partial charge in [0.1, 0.15) is 0 Å². The Bertz CT molecular complexity index is 1400. The van der Waals surface area contributed by atoms with Crippen LogP contribution in [0.2, 0.25) is 4.71 Å². The zero-order chi connectivity index (χ0) is 25.4. The Hall–Kier alpha value is -3.25. The average Bonchev–Trinajstić information content (AvgIpc) is 3.51. The van der Waals surface area contributed by atoms with Crippen molar-refractivity contribution in [2.45, 2.75) is 51.2 Å². The maximum absolute atomic E-state index is 13.7. The van der Waals surface area contributed by atoms with Gasteiger partial charge in [0.15, 0.2) is 0 Å². The molecule has 1 fully saturated rings. The van der Waals surface area contributed by atoms with E-state index < -0.39 is 20.6 Å². The van der Waals surface area contributed by atoms with E-state index >= 15 is 0 Å². The van der Waals surface area contributed by atoms with Crippen LogP contribution in [0.5, 0.6) is 0 Å². The molecule has 0 saturated heterocycles. The molecule has 0 radical (unpaired) electrons. The molecule has 0 aliphatic heterocycles. The summed E-state index contributed by atoms with van der Waals surface area (Å²) >= 11 is -2.38. The fourth-order valence-electron chi connectivity index (χ4n) is 4.93. The average molecular weight is 547 g/mol. The van der Waals surface area contributed by atoms with E-state index in [4.69, 9.17) is 5.10 Å². The molecule has 0 amide bonds. The minimum atomic E-state index is -2.38. The van der Waals surface area contributed by atoms with Crippen LogP contribution in [-0.2, 0) is 4.79 Å². The van der Waals surface area contributed by atoms with Crippen molar-refractivity contribution in [3.63, 3.8) is 0 Å². The predicted molar refractivity (Wildman–Crippen MR) is 140 cm³/mol. The molecule has 1 aliphatic rings. The monoisotopic (exact) mass is 547 g/mol. The third-order valence-electron chi connectivity index (χ3n) is 7.03. The fourth-order valence-corrected chi connectivity index (χ4v) is 10.1. The van der Waals surface area contributed by atoms with Crippen molar-refractivity contribution in [2.75, 3.05) is 0 Å². The molecule has 1 unspecified atom stereocenters. The Morgan fingerprint density at radius 1 is 1.08 bits per heavy atom. The summed E-state index contributed by atoms with van der Waals surface area (Å²) < 4.78 is 2.49. The van der Waals surface area contributed by atoms with Gasteiger partial charge in [-0.2, -0.15) is 0 Å². The molecule has 1 atom stereocenters. The van der Waals surface area contributed by atoms with Gasteiger partial charge in [-0.3, -0.25) is 0 Å². The second-order valence-electron chi connectivity index (χ2n) is 9.95. The minimum absolute atomic E-state index is 0.0378. The number of aromatic carboxylic acids is 1. The second-order valence-corrected chi connectivity index (χ2v) is 15.5. The topological polar surface area (TPSA) is 114 Å². The van der Waals surface area contributed by atoms with Crippen molar-refractivity contribution in [3.8, 4) is 16.8 Å². The molecule has 8 nitrogen and oxygen atoms in total. The number of carbonyl (C=O) groups excluding carboxylic acids is 1. The second kappa shape index (κ2) is 10.0. The van der Waals surface area contributed by atoms with Crippen LogP contribution in [0.3, 0.4) is 0 Å². The predicted octanol–water partition coefficient (Wildman–Crippen LogP) is 4.56. The van der Waals surface area contributed by atoms with Gasteiger partial charge in [-0.1, -0.05) is 0 Å². The Balaban J connectivity index is 1.46. The maximum atomic E-state index is 13.7. The summed E-state index contributed by atoms with van der Waals surface area (Å²) in [7, 11) is 0. The zero-order valence-corrected chi connectivity index (χ0v) is 22.6. The van der Waals surface area contributed by atoms with E-state index in [0.29, 0.717) is 10.4 Å². The standard InChI is InChI=1S/C27H30AsN5O3/c1-16(2)28(25(34)19-6-4-17(3)5-7-19)24-23(27(35)36)15-33(32-24)22-10-8-18(9-11-22)20-12-21-14-30-31-26(21)29-13-20/h8-17,19H,4-7H2,1-3H3,(H,35,36)(H,29,30,31). The number of H-pyrrole nitrogens is 1. The van der Waals surface area contributed by atoms with Crippen LogP contribution in [0, 0.1) is 11.8 Å². The third kappa shape index (κ3) is 4.74.